The molecule has 0 aromatic heterocycles. The van der Waals surface area contributed by atoms with E-state index in [9.17, 15) is 16.8 Å². The maximum absolute atomic E-state index is 12.5. The van der Waals surface area contributed by atoms with Crippen molar-refractivity contribution < 1.29 is 21.6 Å². The number of hydrogen-bond acceptors (Lipinski definition) is 5. The van der Waals surface area contributed by atoms with Crippen LogP contribution in [0.5, 0.6) is 5.75 Å². The fraction of sp³-hybridized carbons (Fsp3) is 0.500. The number of benzene rings is 1. The van der Waals surface area contributed by atoms with E-state index in [1.807, 2.05) is 0 Å². The Balaban J connectivity index is 2.28. The van der Waals surface area contributed by atoms with Crippen LogP contribution < -0.4 is 4.74 Å². The monoisotopic (exact) mass is 319 g/mol. The molecular formula is C12H17NO5S2. The number of nitrogens with zero attached hydrogens (tertiary/aromatic N) is 1. The molecule has 0 unspecified atom stereocenters. The molecular weight excluding hydrogens is 302 g/mol. The van der Waals surface area contributed by atoms with E-state index in [0.29, 0.717) is 12.2 Å². The van der Waals surface area contributed by atoms with Gasteiger partial charge in [0.25, 0.3) is 0 Å². The first-order chi connectivity index (χ1) is 9.25. The summed E-state index contributed by atoms with van der Waals surface area (Å²) in [6.07, 6.45) is 1.47. The van der Waals surface area contributed by atoms with E-state index in [-0.39, 0.29) is 18.0 Å². The third kappa shape index (κ3) is 2.97. The Morgan fingerprint density at radius 3 is 2.50 bits per heavy atom. The van der Waals surface area contributed by atoms with Gasteiger partial charge in [0, 0.05) is 25.4 Å². The number of hydrogen-bond donors (Lipinski definition) is 0. The normalized spacial score (nSPS) is 21.0. The molecule has 1 saturated heterocycles. The largest absolute Gasteiger partial charge is 0.497 e. The van der Waals surface area contributed by atoms with E-state index < -0.39 is 25.1 Å². The molecule has 1 aromatic rings. The highest BCUT2D eigenvalue weighted by atomic mass is 32.2. The topological polar surface area (TPSA) is 80.8 Å². The molecule has 0 bridgehead atoms. The molecule has 1 heterocycles. The van der Waals surface area contributed by atoms with Crippen LogP contribution in [0.15, 0.2) is 29.2 Å². The van der Waals surface area contributed by atoms with Crippen molar-refractivity contribution in [3.8, 4) is 5.75 Å². The standard InChI is InChI=1S/C12H17NO5S2/c1-18-10-4-3-5-11(8-10)20(16,17)13-7-6-12(9-13)19(2,14)15/h3-5,8,12H,6-7,9H2,1-2H3/t12-/m1/s1. The predicted octanol–water partition coefficient (Wildman–Crippen LogP) is 0.503. The average molecular weight is 319 g/mol. The second-order valence-electron chi connectivity index (χ2n) is 4.78. The summed E-state index contributed by atoms with van der Waals surface area (Å²) in [6, 6.07) is 6.16. The minimum Gasteiger partial charge on any atom is -0.497 e. The first kappa shape index (κ1) is 15.3. The third-order valence-corrected chi connectivity index (χ3v) is 6.85. The van der Waals surface area contributed by atoms with Gasteiger partial charge in [0.15, 0.2) is 9.84 Å². The van der Waals surface area contributed by atoms with Crippen molar-refractivity contribution in [2.75, 3.05) is 26.5 Å². The van der Waals surface area contributed by atoms with Crippen molar-refractivity contribution in [2.45, 2.75) is 16.6 Å². The first-order valence-electron chi connectivity index (χ1n) is 6.08. The van der Waals surface area contributed by atoms with Gasteiger partial charge in [-0.1, -0.05) is 6.07 Å². The molecule has 0 amide bonds. The van der Waals surface area contributed by atoms with Crippen LogP contribution in [0.2, 0.25) is 0 Å². The molecule has 0 N–H and O–H groups in total. The fourth-order valence-electron chi connectivity index (χ4n) is 2.18. The van der Waals surface area contributed by atoms with Gasteiger partial charge >= 0.3 is 0 Å². The lowest BCUT2D eigenvalue weighted by atomic mass is 10.3. The lowest BCUT2D eigenvalue weighted by Gasteiger charge is -2.16. The van der Waals surface area contributed by atoms with Crippen molar-refractivity contribution in [1.82, 2.24) is 4.31 Å². The molecule has 1 fully saturated rings. The quantitative estimate of drug-likeness (QED) is 0.807. The van der Waals surface area contributed by atoms with Crippen LogP contribution in [0, 0.1) is 0 Å². The zero-order chi connectivity index (χ0) is 15.0. The predicted molar refractivity (Wildman–Crippen MR) is 75.0 cm³/mol. The molecule has 112 valence electrons. The summed E-state index contributed by atoms with van der Waals surface area (Å²) in [5.74, 6) is 0.449. The molecule has 1 aliphatic rings. The Labute approximate surface area is 119 Å². The fourth-order valence-corrected chi connectivity index (χ4v) is 4.79. The Hall–Kier alpha value is -1.12. The van der Waals surface area contributed by atoms with Crippen molar-refractivity contribution in [1.29, 1.82) is 0 Å². The molecule has 0 aliphatic carbocycles. The van der Waals surface area contributed by atoms with Crippen LogP contribution >= 0.6 is 0 Å². The Morgan fingerprint density at radius 1 is 1.25 bits per heavy atom. The maximum atomic E-state index is 12.5. The second kappa shape index (κ2) is 5.34. The minimum absolute atomic E-state index is 0.0123. The molecule has 2 rings (SSSR count). The molecule has 1 atom stereocenters. The maximum Gasteiger partial charge on any atom is 0.243 e. The highest BCUT2D eigenvalue weighted by Crippen LogP contribution is 2.26. The molecule has 6 nitrogen and oxygen atoms in total. The zero-order valence-corrected chi connectivity index (χ0v) is 12.9. The van der Waals surface area contributed by atoms with Crippen LogP contribution in [0.1, 0.15) is 6.42 Å². The van der Waals surface area contributed by atoms with Crippen LogP contribution in [0.4, 0.5) is 0 Å². The zero-order valence-electron chi connectivity index (χ0n) is 11.3. The highest BCUT2D eigenvalue weighted by Gasteiger charge is 2.37. The van der Waals surface area contributed by atoms with Gasteiger partial charge in [-0.3, -0.25) is 0 Å². The third-order valence-electron chi connectivity index (χ3n) is 3.39. The Kier molecular flexibility index (Phi) is 4.08. The van der Waals surface area contributed by atoms with E-state index in [2.05, 4.69) is 0 Å². The number of methoxy groups -OCH3 is 1. The summed E-state index contributed by atoms with van der Waals surface area (Å²) in [7, 11) is -5.44. The second-order valence-corrected chi connectivity index (χ2v) is 9.05. The number of rotatable bonds is 4. The lowest BCUT2D eigenvalue weighted by molar-refractivity contribution is 0.412. The highest BCUT2D eigenvalue weighted by molar-refractivity contribution is 7.91. The van der Waals surface area contributed by atoms with E-state index in [0.717, 1.165) is 6.26 Å². The van der Waals surface area contributed by atoms with Gasteiger partial charge in [0.05, 0.1) is 17.3 Å². The van der Waals surface area contributed by atoms with Crippen molar-refractivity contribution in [3.63, 3.8) is 0 Å². The van der Waals surface area contributed by atoms with E-state index in [1.54, 1.807) is 12.1 Å². The Bertz CT molecular complexity index is 696. The van der Waals surface area contributed by atoms with E-state index >= 15 is 0 Å². The summed E-state index contributed by atoms with van der Waals surface area (Å²) in [4.78, 5) is 0.117. The number of ether oxygens (including phenoxy) is 1. The van der Waals surface area contributed by atoms with E-state index in [1.165, 1.54) is 23.5 Å². The summed E-state index contributed by atoms with van der Waals surface area (Å²) in [6.45, 7) is 0.232. The van der Waals surface area contributed by atoms with Gasteiger partial charge in [0.1, 0.15) is 5.75 Å². The van der Waals surface area contributed by atoms with Crippen molar-refractivity contribution in [2.24, 2.45) is 0 Å². The van der Waals surface area contributed by atoms with Crippen LogP contribution in [-0.4, -0.2) is 52.8 Å². The molecule has 0 radical (unpaired) electrons. The van der Waals surface area contributed by atoms with Gasteiger partial charge in [-0.05, 0) is 18.6 Å². The van der Waals surface area contributed by atoms with Crippen LogP contribution in [-0.2, 0) is 19.9 Å². The van der Waals surface area contributed by atoms with Gasteiger partial charge in [-0.2, -0.15) is 4.31 Å². The van der Waals surface area contributed by atoms with Crippen molar-refractivity contribution >= 4 is 19.9 Å². The lowest BCUT2D eigenvalue weighted by Crippen LogP contribution is -2.31. The molecule has 8 heteroatoms. The number of sulfone groups is 1. The van der Waals surface area contributed by atoms with Gasteiger partial charge in [-0.15, -0.1) is 0 Å². The molecule has 0 saturated carbocycles. The summed E-state index contributed by atoms with van der Waals surface area (Å²) >= 11 is 0. The van der Waals surface area contributed by atoms with Gasteiger partial charge in [-0.25, -0.2) is 16.8 Å². The number of sulfonamides is 1. The van der Waals surface area contributed by atoms with Crippen molar-refractivity contribution in [3.05, 3.63) is 24.3 Å². The molecule has 20 heavy (non-hydrogen) atoms. The van der Waals surface area contributed by atoms with Crippen LogP contribution in [0.25, 0.3) is 0 Å². The molecule has 0 spiro atoms. The summed E-state index contributed by atoms with van der Waals surface area (Å²) < 4.78 is 54.1. The summed E-state index contributed by atoms with van der Waals surface area (Å²) in [5, 5.41) is -0.622. The van der Waals surface area contributed by atoms with Gasteiger partial charge < -0.3 is 4.74 Å². The van der Waals surface area contributed by atoms with Gasteiger partial charge in [0.2, 0.25) is 10.0 Å². The Morgan fingerprint density at radius 2 is 1.95 bits per heavy atom. The smallest absolute Gasteiger partial charge is 0.243 e. The van der Waals surface area contributed by atoms with Crippen LogP contribution in [0.3, 0.4) is 0 Å². The SMILES string of the molecule is COc1cccc(S(=O)(=O)N2CC[C@@H](S(C)(=O)=O)C2)c1. The first-order valence-corrected chi connectivity index (χ1v) is 9.47. The molecule has 1 aromatic carbocycles. The molecule has 1 aliphatic heterocycles. The summed E-state index contributed by atoms with van der Waals surface area (Å²) in [5.41, 5.74) is 0. The van der Waals surface area contributed by atoms with E-state index in [4.69, 9.17) is 4.74 Å². The average Bonchev–Trinajstić information content (AvgIpc) is 2.89. The minimum atomic E-state index is -3.68.